The molecule has 0 spiro atoms. The zero-order valence-corrected chi connectivity index (χ0v) is 14.9. The van der Waals surface area contributed by atoms with Gasteiger partial charge in [-0.25, -0.2) is 4.39 Å². The minimum absolute atomic E-state index is 0.179. The molecule has 0 saturated heterocycles. The Morgan fingerprint density at radius 3 is 2.60 bits per heavy atom. The molecule has 0 saturated carbocycles. The smallest absolute Gasteiger partial charge is 0.123 e. The van der Waals surface area contributed by atoms with Crippen molar-refractivity contribution < 1.29 is 4.39 Å². The zero-order valence-electron chi connectivity index (χ0n) is 14.9. The van der Waals surface area contributed by atoms with Gasteiger partial charge in [-0.05, 0) is 79.1 Å². The van der Waals surface area contributed by atoms with Gasteiger partial charge in [0.2, 0.25) is 0 Å². The van der Waals surface area contributed by atoms with E-state index in [-0.39, 0.29) is 5.82 Å². The van der Waals surface area contributed by atoms with E-state index in [0.29, 0.717) is 0 Å². The molecule has 130 valence electrons. The van der Waals surface area contributed by atoms with Crippen molar-refractivity contribution in [2.75, 3.05) is 19.6 Å². The highest BCUT2D eigenvalue weighted by atomic mass is 19.1. The highest BCUT2D eigenvalue weighted by Crippen LogP contribution is 2.34. The summed E-state index contributed by atoms with van der Waals surface area (Å²) >= 11 is 0. The van der Waals surface area contributed by atoms with Crippen molar-refractivity contribution in [3.8, 4) is 11.1 Å². The van der Waals surface area contributed by atoms with Gasteiger partial charge in [-0.15, -0.1) is 0 Å². The Bertz CT molecular complexity index is 792. The summed E-state index contributed by atoms with van der Waals surface area (Å²) in [5.74, 6) is -0.179. The number of likely N-dealkylation sites (N-methyl/N-ethyl adjacent to an activating group) is 1. The Balaban J connectivity index is 1.78. The molecule has 25 heavy (non-hydrogen) atoms. The van der Waals surface area contributed by atoms with Gasteiger partial charge in [-0.3, -0.25) is 9.88 Å². The summed E-state index contributed by atoms with van der Waals surface area (Å²) in [5, 5.41) is 0. The van der Waals surface area contributed by atoms with Gasteiger partial charge in [0.05, 0.1) is 5.69 Å². The average molecular weight is 336 g/mol. The molecule has 1 aromatic heterocycles. The Morgan fingerprint density at radius 1 is 1.08 bits per heavy atom. The van der Waals surface area contributed by atoms with E-state index >= 15 is 0 Å². The molecule has 0 amide bonds. The molecule has 2 aromatic rings. The SMILES string of the molecule is CCN1CC=C(c2cc(-c3ccc(F)cc3)c3c(n2)CCCC3)CC1. The van der Waals surface area contributed by atoms with Crippen molar-refractivity contribution in [3.63, 3.8) is 0 Å². The fourth-order valence-corrected chi connectivity index (χ4v) is 3.99. The third-order valence-electron chi connectivity index (χ3n) is 5.52. The van der Waals surface area contributed by atoms with Crippen LogP contribution in [0.5, 0.6) is 0 Å². The van der Waals surface area contributed by atoms with Gasteiger partial charge in [-0.2, -0.15) is 0 Å². The van der Waals surface area contributed by atoms with Crippen molar-refractivity contribution >= 4 is 5.57 Å². The van der Waals surface area contributed by atoms with Crippen LogP contribution in [-0.2, 0) is 12.8 Å². The third kappa shape index (κ3) is 3.38. The van der Waals surface area contributed by atoms with Crippen LogP contribution in [0.1, 0.15) is 43.1 Å². The number of aryl methyl sites for hydroxylation is 1. The largest absolute Gasteiger partial charge is 0.300 e. The first kappa shape index (κ1) is 16.5. The van der Waals surface area contributed by atoms with Crippen molar-refractivity contribution in [2.45, 2.75) is 39.0 Å². The molecule has 2 nitrogen and oxygen atoms in total. The van der Waals surface area contributed by atoms with Crippen LogP contribution in [0.4, 0.5) is 4.39 Å². The van der Waals surface area contributed by atoms with Gasteiger partial charge in [0.1, 0.15) is 5.82 Å². The summed E-state index contributed by atoms with van der Waals surface area (Å²) in [6, 6.07) is 9.16. The van der Waals surface area contributed by atoms with E-state index in [2.05, 4.69) is 24.0 Å². The topological polar surface area (TPSA) is 16.1 Å². The van der Waals surface area contributed by atoms with Crippen LogP contribution in [0.25, 0.3) is 16.7 Å². The summed E-state index contributed by atoms with van der Waals surface area (Å²) in [6.45, 7) is 5.42. The first-order valence-electron chi connectivity index (χ1n) is 9.45. The van der Waals surface area contributed by atoms with E-state index in [1.165, 1.54) is 35.2 Å². The van der Waals surface area contributed by atoms with Gasteiger partial charge in [-0.1, -0.05) is 25.1 Å². The Labute approximate surface area is 149 Å². The van der Waals surface area contributed by atoms with Crippen molar-refractivity contribution in [1.29, 1.82) is 0 Å². The van der Waals surface area contributed by atoms with Gasteiger partial charge < -0.3 is 0 Å². The Morgan fingerprint density at radius 2 is 1.88 bits per heavy atom. The number of hydrogen-bond acceptors (Lipinski definition) is 2. The lowest BCUT2D eigenvalue weighted by Gasteiger charge is -2.26. The minimum Gasteiger partial charge on any atom is -0.300 e. The fourth-order valence-electron chi connectivity index (χ4n) is 3.99. The summed E-state index contributed by atoms with van der Waals surface area (Å²) in [5.41, 5.74) is 7.46. The molecule has 1 aliphatic heterocycles. The second kappa shape index (κ2) is 7.09. The molecular formula is C22H25FN2. The highest BCUT2D eigenvalue weighted by molar-refractivity contribution is 5.74. The van der Waals surface area contributed by atoms with Crippen LogP contribution < -0.4 is 0 Å². The maximum absolute atomic E-state index is 13.4. The second-order valence-electron chi connectivity index (χ2n) is 7.07. The number of hydrogen-bond donors (Lipinski definition) is 0. The summed E-state index contributed by atoms with van der Waals surface area (Å²) < 4.78 is 13.4. The van der Waals surface area contributed by atoms with Gasteiger partial charge >= 0.3 is 0 Å². The molecular weight excluding hydrogens is 311 g/mol. The molecule has 1 aliphatic carbocycles. The number of benzene rings is 1. The van der Waals surface area contributed by atoms with E-state index in [4.69, 9.17) is 4.98 Å². The molecule has 0 radical (unpaired) electrons. The van der Waals surface area contributed by atoms with Gasteiger partial charge in [0, 0.05) is 18.8 Å². The van der Waals surface area contributed by atoms with E-state index in [0.717, 1.165) is 50.2 Å². The van der Waals surface area contributed by atoms with Crippen molar-refractivity contribution in [2.24, 2.45) is 0 Å². The normalized spacial score (nSPS) is 17.9. The van der Waals surface area contributed by atoms with E-state index < -0.39 is 0 Å². The first-order valence-corrected chi connectivity index (χ1v) is 9.45. The van der Waals surface area contributed by atoms with Crippen LogP contribution in [0.15, 0.2) is 36.4 Å². The quantitative estimate of drug-likeness (QED) is 0.794. The number of pyridine rings is 1. The molecule has 1 aromatic carbocycles. The molecule has 2 aliphatic rings. The van der Waals surface area contributed by atoms with Crippen molar-refractivity contribution in [1.82, 2.24) is 9.88 Å². The van der Waals surface area contributed by atoms with Crippen molar-refractivity contribution in [3.05, 3.63) is 59.2 Å². The van der Waals surface area contributed by atoms with Crippen LogP contribution in [0.3, 0.4) is 0 Å². The number of nitrogens with zero attached hydrogens (tertiary/aromatic N) is 2. The number of halogens is 1. The number of aromatic nitrogens is 1. The van der Waals surface area contributed by atoms with E-state index in [1.54, 1.807) is 12.1 Å². The molecule has 0 fully saturated rings. The Kier molecular flexibility index (Phi) is 4.67. The maximum Gasteiger partial charge on any atom is 0.123 e. The lowest BCUT2D eigenvalue weighted by atomic mass is 9.87. The third-order valence-corrected chi connectivity index (χ3v) is 5.52. The molecule has 3 heteroatoms. The van der Waals surface area contributed by atoms with Gasteiger partial charge in [0.25, 0.3) is 0 Å². The molecule has 2 heterocycles. The predicted octanol–water partition coefficient (Wildman–Crippen LogP) is 4.88. The minimum atomic E-state index is -0.179. The maximum atomic E-state index is 13.4. The molecule has 0 atom stereocenters. The van der Waals surface area contributed by atoms with Gasteiger partial charge in [0.15, 0.2) is 0 Å². The van der Waals surface area contributed by atoms with Crippen LogP contribution >= 0.6 is 0 Å². The molecule has 0 bridgehead atoms. The predicted molar refractivity (Wildman–Crippen MR) is 101 cm³/mol. The zero-order chi connectivity index (χ0) is 17.2. The standard InChI is InChI=1S/C22H25FN2/c1-2-25-13-11-17(12-14-25)22-15-20(16-7-9-18(23)10-8-16)19-5-3-4-6-21(19)24-22/h7-11,15H,2-6,12-14H2,1H3. The summed E-state index contributed by atoms with van der Waals surface area (Å²) in [7, 11) is 0. The van der Waals surface area contributed by atoms with Crippen LogP contribution in [0, 0.1) is 5.82 Å². The second-order valence-corrected chi connectivity index (χ2v) is 7.07. The monoisotopic (exact) mass is 336 g/mol. The van der Waals surface area contributed by atoms with Crippen LogP contribution in [0.2, 0.25) is 0 Å². The number of fused-ring (bicyclic) bond motifs is 1. The van der Waals surface area contributed by atoms with Crippen LogP contribution in [-0.4, -0.2) is 29.5 Å². The molecule has 4 rings (SSSR count). The molecule has 0 N–H and O–H groups in total. The highest BCUT2D eigenvalue weighted by Gasteiger charge is 2.20. The fraction of sp³-hybridized carbons (Fsp3) is 0.409. The first-order chi connectivity index (χ1) is 12.2. The van der Waals surface area contributed by atoms with E-state index in [9.17, 15) is 4.39 Å². The average Bonchev–Trinajstić information content (AvgIpc) is 2.68. The summed E-state index contributed by atoms with van der Waals surface area (Å²) in [4.78, 5) is 7.48. The Hall–Kier alpha value is -2.00. The number of rotatable bonds is 3. The molecule has 0 unspecified atom stereocenters. The lowest BCUT2D eigenvalue weighted by molar-refractivity contribution is 0.318. The summed E-state index contributed by atoms with van der Waals surface area (Å²) in [6.07, 6.45) is 7.97. The lowest BCUT2D eigenvalue weighted by Crippen LogP contribution is -2.28. The van der Waals surface area contributed by atoms with E-state index in [1.807, 2.05) is 12.1 Å².